The number of nitrogens with zero attached hydrogens (tertiary/aromatic N) is 1. The molecule has 1 aliphatic rings. The van der Waals surface area contributed by atoms with Gasteiger partial charge in [0.05, 0.1) is 11.5 Å². The van der Waals surface area contributed by atoms with Crippen molar-refractivity contribution in [3.05, 3.63) is 29.6 Å². The Balaban J connectivity index is 0.00000162. The van der Waals surface area contributed by atoms with E-state index in [1.54, 1.807) is 6.07 Å². The number of nitriles is 1. The molecular weight excluding hydrogens is 257 g/mol. The van der Waals surface area contributed by atoms with Gasteiger partial charge in [-0.05, 0) is 31.2 Å². The Hall–Kier alpha value is -1.64. The van der Waals surface area contributed by atoms with Crippen LogP contribution in [0.25, 0.3) is 0 Å². The van der Waals surface area contributed by atoms with Gasteiger partial charge in [0.2, 0.25) is 5.91 Å². The van der Waals surface area contributed by atoms with E-state index in [0.29, 0.717) is 12.2 Å². The lowest BCUT2D eigenvalue weighted by Gasteiger charge is -2.10. The number of halogens is 2. The zero-order valence-corrected chi connectivity index (χ0v) is 10.4. The number of anilines is 1. The maximum Gasteiger partial charge on any atom is 0.228 e. The zero-order valence-electron chi connectivity index (χ0n) is 9.57. The number of benzene rings is 1. The Kier molecular flexibility index (Phi) is 5.08. The van der Waals surface area contributed by atoms with Crippen molar-refractivity contribution in [1.82, 2.24) is 5.32 Å². The molecule has 0 radical (unpaired) electrons. The fourth-order valence-electron chi connectivity index (χ4n) is 1.81. The number of hydrogen-bond acceptors (Lipinski definition) is 3. The fraction of sp³-hybridized carbons (Fsp3) is 0.333. The van der Waals surface area contributed by atoms with Crippen molar-refractivity contribution in [2.45, 2.75) is 6.42 Å². The standard InChI is InChI=1S/C12H12FN3O.ClH/c13-11-2-1-10(5-9(11)6-14)16-12(17)8-3-4-15-7-8;/h1-2,5,8,15H,3-4,7H2,(H,16,17);1H. The van der Waals surface area contributed by atoms with Gasteiger partial charge in [-0.15, -0.1) is 12.4 Å². The zero-order chi connectivity index (χ0) is 12.3. The van der Waals surface area contributed by atoms with Crippen molar-refractivity contribution in [3.63, 3.8) is 0 Å². The highest BCUT2D eigenvalue weighted by Crippen LogP contribution is 2.16. The van der Waals surface area contributed by atoms with Gasteiger partial charge in [-0.1, -0.05) is 0 Å². The van der Waals surface area contributed by atoms with E-state index in [2.05, 4.69) is 10.6 Å². The topological polar surface area (TPSA) is 64.9 Å². The number of rotatable bonds is 2. The minimum Gasteiger partial charge on any atom is -0.326 e. The van der Waals surface area contributed by atoms with Gasteiger partial charge >= 0.3 is 0 Å². The summed E-state index contributed by atoms with van der Waals surface area (Å²) in [6.45, 7) is 1.50. The van der Waals surface area contributed by atoms with Gasteiger partial charge in [-0.25, -0.2) is 4.39 Å². The second-order valence-corrected chi connectivity index (χ2v) is 3.99. The number of nitrogens with one attached hydrogen (secondary N) is 2. The van der Waals surface area contributed by atoms with Gasteiger partial charge in [0.15, 0.2) is 0 Å². The van der Waals surface area contributed by atoms with Crippen LogP contribution >= 0.6 is 12.4 Å². The summed E-state index contributed by atoms with van der Waals surface area (Å²) in [5.41, 5.74) is 0.396. The number of carbonyl (C=O) groups excluding carboxylic acids is 1. The Morgan fingerprint density at radius 2 is 2.33 bits per heavy atom. The smallest absolute Gasteiger partial charge is 0.228 e. The molecule has 1 aliphatic heterocycles. The first-order chi connectivity index (χ1) is 8.20. The molecule has 1 fully saturated rings. The summed E-state index contributed by atoms with van der Waals surface area (Å²) in [5, 5.41) is 14.5. The maximum atomic E-state index is 13.1. The van der Waals surface area contributed by atoms with Gasteiger partial charge in [-0.3, -0.25) is 4.79 Å². The molecule has 0 saturated carbocycles. The molecule has 0 bridgehead atoms. The van der Waals surface area contributed by atoms with E-state index in [4.69, 9.17) is 5.26 Å². The minimum atomic E-state index is -0.576. The van der Waals surface area contributed by atoms with E-state index in [1.165, 1.54) is 18.2 Å². The van der Waals surface area contributed by atoms with Crippen LogP contribution in [0, 0.1) is 23.1 Å². The average Bonchev–Trinajstić information content (AvgIpc) is 2.85. The lowest BCUT2D eigenvalue weighted by Crippen LogP contribution is -2.24. The molecule has 18 heavy (non-hydrogen) atoms. The van der Waals surface area contributed by atoms with Crippen LogP contribution in [0.5, 0.6) is 0 Å². The third kappa shape index (κ3) is 3.19. The lowest BCUT2D eigenvalue weighted by molar-refractivity contribution is -0.119. The molecule has 1 saturated heterocycles. The van der Waals surface area contributed by atoms with Crippen molar-refractivity contribution in [2.75, 3.05) is 18.4 Å². The normalized spacial score (nSPS) is 17.7. The van der Waals surface area contributed by atoms with Gasteiger partial charge in [-0.2, -0.15) is 5.26 Å². The summed E-state index contributed by atoms with van der Waals surface area (Å²) in [5.74, 6) is -0.718. The van der Waals surface area contributed by atoms with Crippen LogP contribution in [-0.2, 0) is 4.79 Å². The lowest BCUT2D eigenvalue weighted by atomic mass is 10.1. The van der Waals surface area contributed by atoms with Crippen LogP contribution < -0.4 is 10.6 Å². The van der Waals surface area contributed by atoms with Crippen molar-refractivity contribution in [2.24, 2.45) is 5.92 Å². The first kappa shape index (κ1) is 14.4. The van der Waals surface area contributed by atoms with Gasteiger partial charge in [0.1, 0.15) is 11.9 Å². The van der Waals surface area contributed by atoms with Crippen molar-refractivity contribution in [1.29, 1.82) is 5.26 Å². The molecule has 0 aliphatic carbocycles. The molecule has 1 unspecified atom stereocenters. The van der Waals surface area contributed by atoms with E-state index in [9.17, 15) is 9.18 Å². The Bertz CT molecular complexity index is 481. The highest BCUT2D eigenvalue weighted by Gasteiger charge is 2.22. The highest BCUT2D eigenvalue weighted by molar-refractivity contribution is 5.93. The third-order valence-electron chi connectivity index (χ3n) is 2.79. The van der Waals surface area contributed by atoms with E-state index in [1.807, 2.05) is 0 Å². The maximum absolute atomic E-state index is 13.1. The van der Waals surface area contributed by atoms with Crippen molar-refractivity contribution in [3.8, 4) is 6.07 Å². The molecule has 1 heterocycles. The first-order valence-electron chi connectivity index (χ1n) is 5.42. The molecule has 4 nitrogen and oxygen atoms in total. The summed E-state index contributed by atoms with van der Waals surface area (Å²) >= 11 is 0. The molecule has 0 spiro atoms. The van der Waals surface area contributed by atoms with Crippen LogP contribution in [0.2, 0.25) is 0 Å². The average molecular weight is 270 g/mol. The minimum absolute atomic E-state index is 0. The summed E-state index contributed by atoms with van der Waals surface area (Å²) in [4.78, 5) is 11.8. The van der Waals surface area contributed by atoms with E-state index >= 15 is 0 Å². The molecular formula is C12H13ClFN3O. The molecule has 1 atom stereocenters. The predicted molar refractivity (Wildman–Crippen MR) is 68.0 cm³/mol. The highest BCUT2D eigenvalue weighted by atomic mass is 35.5. The van der Waals surface area contributed by atoms with Crippen LogP contribution in [0.1, 0.15) is 12.0 Å². The van der Waals surface area contributed by atoms with Crippen molar-refractivity contribution >= 4 is 24.0 Å². The Morgan fingerprint density at radius 3 is 2.94 bits per heavy atom. The summed E-state index contributed by atoms with van der Waals surface area (Å²) in [6, 6.07) is 5.72. The predicted octanol–water partition coefficient (Wildman–Crippen LogP) is 1.67. The Labute approximate surface area is 111 Å². The largest absolute Gasteiger partial charge is 0.326 e. The molecule has 2 rings (SSSR count). The number of hydrogen-bond donors (Lipinski definition) is 2. The number of amides is 1. The van der Waals surface area contributed by atoms with Crippen LogP contribution in [0.15, 0.2) is 18.2 Å². The van der Waals surface area contributed by atoms with Crippen LogP contribution in [0.3, 0.4) is 0 Å². The van der Waals surface area contributed by atoms with E-state index < -0.39 is 5.82 Å². The third-order valence-corrected chi connectivity index (χ3v) is 2.79. The second kappa shape index (κ2) is 6.34. The first-order valence-corrected chi connectivity index (χ1v) is 5.42. The quantitative estimate of drug-likeness (QED) is 0.858. The Morgan fingerprint density at radius 1 is 1.56 bits per heavy atom. The molecule has 1 aromatic rings. The molecule has 2 N–H and O–H groups in total. The van der Waals surface area contributed by atoms with Crippen LogP contribution in [0.4, 0.5) is 10.1 Å². The summed E-state index contributed by atoms with van der Waals surface area (Å²) in [7, 11) is 0. The monoisotopic (exact) mass is 269 g/mol. The SMILES string of the molecule is Cl.N#Cc1cc(NC(=O)C2CCNC2)ccc1F. The van der Waals surface area contributed by atoms with Crippen LogP contribution in [-0.4, -0.2) is 19.0 Å². The van der Waals surface area contributed by atoms with Crippen molar-refractivity contribution < 1.29 is 9.18 Å². The van der Waals surface area contributed by atoms with E-state index in [-0.39, 0.29) is 29.8 Å². The fourth-order valence-corrected chi connectivity index (χ4v) is 1.81. The summed E-state index contributed by atoms with van der Waals surface area (Å²) in [6.07, 6.45) is 0.804. The molecule has 1 amide bonds. The molecule has 96 valence electrons. The molecule has 0 aromatic heterocycles. The van der Waals surface area contributed by atoms with Gasteiger partial charge in [0, 0.05) is 12.2 Å². The summed E-state index contributed by atoms with van der Waals surface area (Å²) < 4.78 is 13.1. The van der Waals surface area contributed by atoms with Gasteiger partial charge < -0.3 is 10.6 Å². The molecule has 6 heteroatoms. The van der Waals surface area contributed by atoms with E-state index in [0.717, 1.165) is 13.0 Å². The number of carbonyl (C=O) groups is 1. The molecule has 1 aromatic carbocycles. The second-order valence-electron chi connectivity index (χ2n) is 3.99. The van der Waals surface area contributed by atoms with Gasteiger partial charge in [0.25, 0.3) is 0 Å².